The van der Waals surface area contributed by atoms with Crippen molar-refractivity contribution >= 4 is 0 Å². The molecule has 1 aliphatic rings. The minimum atomic E-state index is 0.162. The molecule has 0 bridgehead atoms. The lowest BCUT2D eigenvalue weighted by Crippen LogP contribution is -2.30. The molecule has 0 N–H and O–H groups in total. The second kappa shape index (κ2) is 5.86. The zero-order chi connectivity index (χ0) is 12.8. The Bertz CT molecular complexity index is 430. The van der Waals surface area contributed by atoms with Crippen molar-refractivity contribution in [1.82, 2.24) is 0 Å². The molecule has 0 saturated heterocycles. The molecule has 0 amide bonds. The molecule has 0 unspecified atom stereocenters. The molecule has 1 fully saturated rings. The van der Waals surface area contributed by atoms with Gasteiger partial charge in [0.05, 0.1) is 0 Å². The molecular formula is C18H22. The van der Waals surface area contributed by atoms with Gasteiger partial charge in [-0.25, -0.2) is 0 Å². The number of allylic oxidation sites excluding steroid dienone is 4. The molecule has 94 valence electrons. The topological polar surface area (TPSA) is 0 Å². The van der Waals surface area contributed by atoms with Gasteiger partial charge >= 0.3 is 0 Å². The lowest BCUT2D eigenvalue weighted by atomic mass is 9.65. The smallest absolute Gasteiger partial charge is 0.0202 e. The molecule has 18 heavy (non-hydrogen) atoms. The fraction of sp³-hybridized carbons (Fsp3) is 0.333. The summed E-state index contributed by atoms with van der Waals surface area (Å²) in [6.07, 6.45) is 12.4. The Kier molecular flexibility index (Phi) is 4.19. The van der Waals surface area contributed by atoms with Crippen LogP contribution in [-0.4, -0.2) is 0 Å². The Labute approximate surface area is 111 Å². The summed E-state index contributed by atoms with van der Waals surface area (Å²) in [5, 5.41) is 0. The van der Waals surface area contributed by atoms with E-state index in [0.29, 0.717) is 0 Å². The average molecular weight is 238 g/mol. The van der Waals surface area contributed by atoms with Crippen molar-refractivity contribution in [1.29, 1.82) is 0 Å². The van der Waals surface area contributed by atoms with Crippen molar-refractivity contribution < 1.29 is 0 Å². The molecule has 0 heterocycles. The van der Waals surface area contributed by atoms with E-state index in [0.717, 1.165) is 0 Å². The van der Waals surface area contributed by atoms with Crippen molar-refractivity contribution in [3.05, 3.63) is 72.9 Å². The SMILES string of the molecule is C=C/C=C(\C=C)C1(c2ccccc2)CCCCC1. The van der Waals surface area contributed by atoms with Gasteiger partial charge in [0.15, 0.2) is 0 Å². The molecule has 2 rings (SSSR count). The van der Waals surface area contributed by atoms with Gasteiger partial charge in [-0.1, -0.05) is 81.0 Å². The molecule has 1 aliphatic carbocycles. The standard InChI is InChI=1S/C18H22/c1-3-11-16(4-2)18(14-9-6-10-15-18)17-12-7-5-8-13-17/h3-5,7-8,11-13H,1-2,6,9-10,14-15H2/b16-11+. The Morgan fingerprint density at radius 1 is 1.00 bits per heavy atom. The predicted octanol–water partition coefficient (Wildman–Crippen LogP) is 5.19. The van der Waals surface area contributed by atoms with Crippen molar-refractivity contribution in [2.45, 2.75) is 37.5 Å². The van der Waals surface area contributed by atoms with Crippen LogP contribution in [0.4, 0.5) is 0 Å². The summed E-state index contributed by atoms with van der Waals surface area (Å²) < 4.78 is 0. The summed E-state index contributed by atoms with van der Waals surface area (Å²) in [7, 11) is 0. The zero-order valence-electron chi connectivity index (χ0n) is 11.1. The van der Waals surface area contributed by atoms with E-state index in [9.17, 15) is 0 Å². The molecule has 1 aromatic rings. The lowest BCUT2D eigenvalue weighted by Gasteiger charge is -2.39. The predicted molar refractivity (Wildman–Crippen MR) is 79.7 cm³/mol. The van der Waals surface area contributed by atoms with Crippen LogP contribution in [-0.2, 0) is 5.41 Å². The van der Waals surface area contributed by atoms with Crippen LogP contribution in [0.1, 0.15) is 37.7 Å². The third-order valence-corrected chi connectivity index (χ3v) is 4.10. The van der Waals surface area contributed by atoms with Gasteiger partial charge in [0.2, 0.25) is 0 Å². The fourth-order valence-electron chi connectivity index (χ4n) is 3.21. The zero-order valence-corrected chi connectivity index (χ0v) is 11.1. The van der Waals surface area contributed by atoms with Crippen LogP contribution in [0, 0.1) is 0 Å². The fourth-order valence-corrected chi connectivity index (χ4v) is 3.21. The van der Waals surface area contributed by atoms with Crippen LogP contribution in [0.15, 0.2) is 67.3 Å². The van der Waals surface area contributed by atoms with Crippen LogP contribution < -0.4 is 0 Å². The third kappa shape index (κ3) is 2.33. The second-order valence-corrected chi connectivity index (χ2v) is 5.07. The third-order valence-electron chi connectivity index (χ3n) is 4.10. The van der Waals surface area contributed by atoms with Gasteiger partial charge in [-0.05, 0) is 24.0 Å². The van der Waals surface area contributed by atoms with Crippen molar-refractivity contribution in [2.75, 3.05) is 0 Å². The summed E-state index contributed by atoms with van der Waals surface area (Å²) in [6, 6.07) is 10.9. The van der Waals surface area contributed by atoms with Crippen molar-refractivity contribution in [3.8, 4) is 0 Å². The largest absolute Gasteiger partial charge is 0.0991 e. The highest BCUT2D eigenvalue weighted by Gasteiger charge is 2.35. The second-order valence-electron chi connectivity index (χ2n) is 5.07. The Morgan fingerprint density at radius 2 is 1.67 bits per heavy atom. The van der Waals surface area contributed by atoms with Gasteiger partial charge in [0, 0.05) is 5.41 Å². The number of rotatable bonds is 4. The maximum atomic E-state index is 4.01. The molecule has 0 radical (unpaired) electrons. The highest BCUT2D eigenvalue weighted by Crippen LogP contribution is 2.45. The van der Waals surface area contributed by atoms with E-state index < -0.39 is 0 Å². The summed E-state index contributed by atoms with van der Waals surface area (Å²) in [6.45, 7) is 7.85. The number of hydrogen-bond acceptors (Lipinski definition) is 0. The molecule has 1 saturated carbocycles. The molecule has 0 nitrogen and oxygen atoms in total. The normalized spacial score (nSPS) is 19.2. The van der Waals surface area contributed by atoms with E-state index in [4.69, 9.17) is 0 Å². The van der Waals surface area contributed by atoms with Gasteiger partial charge < -0.3 is 0 Å². The van der Waals surface area contributed by atoms with Crippen molar-refractivity contribution in [3.63, 3.8) is 0 Å². The summed E-state index contributed by atoms with van der Waals surface area (Å²) in [4.78, 5) is 0. The van der Waals surface area contributed by atoms with Gasteiger partial charge in [-0.3, -0.25) is 0 Å². The summed E-state index contributed by atoms with van der Waals surface area (Å²) in [5.74, 6) is 0. The minimum Gasteiger partial charge on any atom is -0.0991 e. The number of hydrogen-bond donors (Lipinski definition) is 0. The minimum absolute atomic E-state index is 0.162. The van der Waals surface area contributed by atoms with E-state index in [1.54, 1.807) is 0 Å². The van der Waals surface area contributed by atoms with E-state index in [1.807, 2.05) is 12.2 Å². The molecule has 0 atom stereocenters. The van der Waals surface area contributed by atoms with E-state index in [2.05, 4.69) is 49.6 Å². The highest BCUT2D eigenvalue weighted by molar-refractivity contribution is 5.43. The van der Waals surface area contributed by atoms with Crippen LogP contribution in [0.3, 0.4) is 0 Å². The molecule has 0 heteroatoms. The Balaban J connectivity index is 2.49. The highest BCUT2D eigenvalue weighted by atomic mass is 14.4. The average Bonchev–Trinajstić information content (AvgIpc) is 2.46. The summed E-state index contributed by atoms with van der Waals surface area (Å²) >= 11 is 0. The first kappa shape index (κ1) is 12.9. The lowest BCUT2D eigenvalue weighted by molar-refractivity contribution is 0.345. The molecule has 1 aromatic carbocycles. The van der Waals surface area contributed by atoms with Gasteiger partial charge in [0.25, 0.3) is 0 Å². The van der Waals surface area contributed by atoms with Crippen LogP contribution >= 0.6 is 0 Å². The van der Waals surface area contributed by atoms with Crippen molar-refractivity contribution in [2.24, 2.45) is 0 Å². The van der Waals surface area contributed by atoms with Crippen LogP contribution in [0.25, 0.3) is 0 Å². The number of benzene rings is 1. The Morgan fingerprint density at radius 3 is 2.22 bits per heavy atom. The first-order chi connectivity index (χ1) is 8.83. The molecular weight excluding hydrogens is 216 g/mol. The van der Waals surface area contributed by atoms with Gasteiger partial charge in [0.1, 0.15) is 0 Å². The Hall–Kier alpha value is -1.56. The van der Waals surface area contributed by atoms with Gasteiger partial charge in [-0.15, -0.1) is 0 Å². The van der Waals surface area contributed by atoms with E-state index in [-0.39, 0.29) is 5.41 Å². The molecule has 0 spiro atoms. The maximum absolute atomic E-state index is 4.01. The first-order valence-electron chi connectivity index (χ1n) is 6.84. The van der Waals surface area contributed by atoms with Crippen LogP contribution in [0.5, 0.6) is 0 Å². The molecule has 0 aliphatic heterocycles. The monoisotopic (exact) mass is 238 g/mol. The first-order valence-corrected chi connectivity index (χ1v) is 6.84. The van der Waals surface area contributed by atoms with Gasteiger partial charge in [-0.2, -0.15) is 0 Å². The van der Waals surface area contributed by atoms with E-state index >= 15 is 0 Å². The van der Waals surface area contributed by atoms with E-state index in [1.165, 1.54) is 43.2 Å². The quantitative estimate of drug-likeness (QED) is 0.633. The summed E-state index contributed by atoms with van der Waals surface area (Å²) in [5.41, 5.74) is 2.91. The maximum Gasteiger partial charge on any atom is 0.0202 e. The molecule has 0 aromatic heterocycles. The van der Waals surface area contributed by atoms with Crippen LogP contribution in [0.2, 0.25) is 0 Å².